The van der Waals surface area contributed by atoms with E-state index in [-0.39, 0.29) is 0 Å². The van der Waals surface area contributed by atoms with E-state index in [0.717, 1.165) is 25.4 Å². The second-order valence-electron chi connectivity index (χ2n) is 4.00. The molecular formula is C14H12ClIN2S2. The average Bonchev–Trinajstić information content (AvgIpc) is 2.41. The maximum absolute atomic E-state index is 5.97. The molecule has 0 fully saturated rings. The van der Waals surface area contributed by atoms with Gasteiger partial charge >= 0.3 is 0 Å². The molecular weight excluding hydrogens is 423 g/mol. The summed E-state index contributed by atoms with van der Waals surface area (Å²) in [5.41, 5.74) is 8.62. The second-order valence-corrected chi connectivity index (χ2v) is 6.88. The lowest BCUT2D eigenvalue weighted by Crippen LogP contribution is -2.13. The van der Waals surface area contributed by atoms with Gasteiger partial charge in [-0.25, -0.2) is 0 Å². The van der Waals surface area contributed by atoms with Crippen molar-refractivity contribution in [1.29, 1.82) is 0 Å². The van der Waals surface area contributed by atoms with Crippen molar-refractivity contribution in [2.75, 3.05) is 11.6 Å². The summed E-state index contributed by atoms with van der Waals surface area (Å²) in [5, 5.41) is 4.09. The monoisotopic (exact) mass is 434 g/mol. The van der Waals surface area contributed by atoms with Crippen LogP contribution in [0.1, 0.15) is 5.56 Å². The molecule has 0 atom stereocenters. The highest BCUT2D eigenvalue weighted by atomic mass is 127. The molecule has 104 valence electrons. The molecule has 6 heteroatoms. The van der Waals surface area contributed by atoms with E-state index in [2.05, 4.69) is 27.9 Å². The maximum atomic E-state index is 5.97. The van der Waals surface area contributed by atoms with Gasteiger partial charge in [-0.3, -0.25) is 0 Å². The van der Waals surface area contributed by atoms with Gasteiger partial charge in [0.15, 0.2) is 0 Å². The van der Waals surface area contributed by atoms with Gasteiger partial charge in [0.25, 0.3) is 0 Å². The second kappa shape index (κ2) is 6.98. The van der Waals surface area contributed by atoms with Gasteiger partial charge in [-0.15, -0.1) is 11.8 Å². The average molecular weight is 435 g/mol. The lowest BCUT2D eigenvalue weighted by molar-refractivity contribution is 1.39. The van der Waals surface area contributed by atoms with E-state index in [1.807, 2.05) is 42.7 Å². The zero-order chi connectivity index (χ0) is 14.7. The van der Waals surface area contributed by atoms with E-state index >= 15 is 0 Å². The summed E-state index contributed by atoms with van der Waals surface area (Å²) in [7, 11) is 0. The summed E-state index contributed by atoms with van der Waals surface area (Å²) < 4.78 is 1.04. The van der Waals surface area contributed by atoms with Crippen molar-refractivity contribution in [2.24, 2.45) is 5.73 Å². The number of halogens is 2. The van der Waals surface area contributed by atoms with Crippen LogP contribution in [0.3, 0.4) is 0 Å². The van der Waals surface area contributed by atoms with Crippen molar-refractivity contribution in [1.82, 2.24) is 0 Å². The number of hydrogen-bond donors (Lipinski definition) is 2. The number of rotatable bonds is 4. The first-order valence-electron chi connectivity index (χ1n) is 5.72. The van der Waals surface area contributed by atoms with Crippen molar-refractivity contribution in [3.63, 3.8) is 0 Å². The highest BCUT2D eigenvalue weighted by Crippen LogP contribution is 2.31. The van der Waals surface area contributed by atoms with Gasteiger partial charge in [0.1, 0.15) is 4.99 Å². The van der Waals surface area contributed by atoms with Gasteiger partial charge in [0.05, 0.1) is 5.69 Å². The molecule has 0 aliphatic heterocycles. The van der Waals surface area contributed by atoms with Crippen molar-refractivity contribution >= 4 is 74.5 Å². The van der Waals surface area contributed by atoms with Crippen LogP contribution in [0.25, 0.3) is 0 Å². The third kappa shape index (κ3) is 3.58. The van der Waals surface area contributed by atoms with Crippen molar-refractivity contribution in [2.45, 2.75) is 4.90 Å². The fourth-order valence-corrected chi connectivity index (χ4v) is 3.73. The molecule has 0 saturated carbocycles. The molecule has 0 radical (unpaired) electrons. The van der Waals surface area contributed by atoms with Crippen LogP contribution < -0.4 is 11.1 Å². The summed E-state index contributed by atoms with van der Waals surface area (Å²) in [6.07, 6.45) is 2.01. The molecule has 0 aliphatic carbocycles. The fourth-order valence-electron chi connectivity index (χ4n) is 1.80. The van der Waals surface area contributed by atoms with Gasteiger partial charge < -0.3 is 11.1 Å². The lowest BCUT2D eigenvalue weighted by atomic mass is 10.1. The normalized spacial score (nSPS) is 10.3. The summed E-state index contributed by atoms with van der Waals surface area (Å²) in [5.74, 6) is 0. The van der Waals surface area contributed by atoms with Gasteiger partial charge in [-0.1, -0.05) is 29.9 Å². The molecule has 2 aromatic rings. The summed E-state index contributed by atoms with van der Waals surface area (Å²) in [6.45, 7) is 0. The van der Waals surface area contributed by atoms with Crippen LogP contribution in [0, 0.1) is 3.57 Å². The van der Waals surface area contributed by atoms with Crippen LogP contribution in [-0.4, -0.2) is 11.2 Å². The molecule has 2 aromatic carbocycles. The number of hydrogen-bond acceptors (Lipinski definition) is 3. The van der Waals surface area contributed by atoms with Gasteiger partial charge in [0, 0.05) is 24.7 Å². The number of benzene rings is 2. The molecule has 0 heterocycles. The zero-order valence-electron chi connectivity index (χ0n) is 10.6. The Hall–Kier alpha value is -0.500. The first-order valence-corrected chi connectivity index (χ1v) is 8.80. The molecule has 0 aliphatic rings. The van der Waals surface area contributed by atoms with Crippen molar-refractivity contribution in [3.05, 3.63) is 50.6 Å². The topological polar surface area (TPSA) is 38.0 Å². The summed E-state index contributed by atoms with van der Waals surface area (Å²) in [4.78, 5) is 1.45. The third-order valence-corrected chi connectivity index (χ3v) is 4.80. The van der Waals surface area contributed by atoms with Crippen LogP contribution in [0.15, 0.2) is 41.3 Å². The molecule has 0 bridgehead atoms. The minimum absolute atomic E-state index is 0.390. The van der Waals surface area contributed by atoms with Crippen LogP contribution in [0.2, 0.25) is 5.02 Å². The number of nitrogens with two attached hydrogens (primary N) is 1. The smallest absolute Gasteiger partial charge is 0.107 e. The molecule has 3 N–H and O–H groups in total. The Labute approximate surface area is 146 Å². The molecule has 2 rings (SSSR count). The predicted octanol–water partition coefficient (Wildman–Crippen LogP) is 5.04. The van der Waals surface area contributed by atoms with Crippen LogP contribution in [0.4, 0.5) is 11.4 Å². The molecule has 0 saturated heterocycles. The summed E-state index contributed by atoms with van der Waals surface area (Å²) in [6, 6.07) is 11.7. The van der Waals surface area contributed by atoms with Crippen LogP contribution in [0.5, 0.6) is 0 Å². The Morgan fingerprint density at radius 1 is 1.30 bits per heavy atom. The molecule has 2 nitrogen and oxygen atoms in total. The zero-order valence-corrected chi connectivity index (χ0v) is 15.2. The Morgan fingerprint density at radius 2 is 2.05 bits per heavy atom. The van der Waals surface area contributed by atoms with Crippen molar-refractivity contribution in [3.8, 4) is 0 Å². The standard InChI is InChI=1S/C14H12ClIN2S2/c1-20-12-4-2-3-11(13(12)14(17)19)18-10-6-5-8(15)7-9(10)16/h2-7,18H,1H3,(H2,17,19). The van der Waals surface area contributed by atoms with Gasteiger partial charge in [-0.2, -0.15) is 0 Å². The molecule has 0 unspecified atom stereocenters. The molecule has 0 amide bonds. The van der Waals surface area contributed by atoms with E-state index in [1.165, 1.54) is 0 Å². The Bertz CT molecular complexity index is 662. The highest BCUT2D eigenvalue weighted by Gasteiger charge is 2.11. The molecule has 0 spiro atoms. The largest absolute Gasteiger partial charge is 0.389 e. The predicted molar refractivity (Wildman–Crippen MR) is 102 cm³/mol. The van der Waals surface area contributed by atoms with E-state index in [4.69, 9.17) is 29.6 Å². The first kappa shape index (κ1) is 15.9. The lowest BCUT2D eigenvalue weighted by Gasteiger charge is -2.15. The van der Waals surface area contributed by atoms with E-state index in [0.29, 0.717) is 10.0 Å². The SMILES string of the molecule is CSc1cccc(Nc2ccc(Cl)cc2I)c1C(N)=S. The van der Waals surface area contributed by atoms with Crippen LogP contribution in [-0.2, 0) is 0 Å². The van der Waals surface area contributed by atoms with E-state index in [9.17, 15) is 0 Å². The Morgan fingerprint density at radius 3 is 2.65 bits per heavy atom. The number of thioether (sulfide) groups is 1. The number of nitrogens with one attached hydrogen (secondary N) is 1. The third-order valence-electron chi connectivity index (χ3n) is 2.69. The maximum Gasteiger partial charge on any atom is 0.107 e. The molecule has 0 aromatic heterocycles. The van der Waals surface area contributed by atoms with Crippen LogP contribution >= 0.6 is 58.2 Å². The van der Waals surface area contributed by atoms with E-state index < -0.39 is 0 Å². The van der Waals surface area contributed by atoms with Gasteiger partial charge in [-0.05, 0) is 59.2 Å². The van der Waals surface area contributed by atoms with Gasteiger partial charge in [0.2, 0.25) is 0 Å². The molecule has 20 heavy (non-hydrogen) atoms. The summed E-state index contributed by atoms with van der Waals surface area (Å²) >= 11 is 15.0. The quantitative estimate of drug-likeness (QED) is 0.401. The van der Waals surface area contributed by atoms with E-state index in [1.54, 1.807) is 11.8 Å². The Kier molecular flexibility index (Phi) is 5.54. The number of anilines is 2. The Balaban J connectivity index is 2.45. The van der Waals surface area contributed by atoms with Crippen molar-refractivity contribution < 1.29 is 0 Å². The highest BCUT2D eigenvalue weighted by molar-refractivity contribution is 14.1. The minimum atomic E-state index is 0.390. The number of thiocarbonyl (C=S) groups is 1. The minimum Gasteiger partial charge on any atom is -0.389 e. The fraction of sp³-hybridized carbons (Fsp3) is 0.0714. The first-order chi connectivity index (χ1) is 9.52.